The van der Waals surface area contributed by atoms with E-state index in [1.54, 1.807) is 0 Å². The molecule has 0 aliphatic carbocycles. The van der Waals surface area contributed by atoms with Crippen molar-refractivity contribution in [2.45, 2.75) is 49.5 Å². The van der Waals surface area contributed by atoms with Crippen molar-refractivity contribution < 1.29 is 78.0 Å². The fourth-order valence-corrected chi connectivity index (χ4v) is 2.51. The van der Waals surface area contributed by atoms with Crippen LogP contribution in [-0.4, -0.2) is 92.0 Å². The molecule has 0 radical (unpaired) electrons. The van der Waals surface area contributed by atoms with Crippen LogP contribution in [0.5, 0.6) is 0 Å². The van der Waals surface area contributed by atoms with Gasteiger partial charge in [-0.1, -0.05) is 0 Å². The average molecular weight is 482 g/mol. The van der Waals surface area contributed by atoms with E-state index in [-0.39, 0.29) is 0 Å². The minimum atomic E-state index is -5.53. The normalized spacial score (nSPS) is 18.9. The van der Waals surface area contributed by atoms with Gasteiger partial charge in [-0.2, -0.15) is 0 Å². The van der Waals surface area contributed by atoms with Crippen molar-refractivity contribution in [3.05, 3.63) is 0 Å². The zero-order chi connectivity index (χ0) is 23.9. The van der Waals surface area contributed by atoms with Gasteiger partial charge in [-0.15, -0.1) is 0 Å². The van der Waals surface area contributed by atoms with Crippen LogP contribution in [0.3, 0.4) is 0 Å². The van der Waals surface area contributed by atoms with Crippen molar-refractivity contribution >= 4 is 27.2 Å². The number of phosphoric ester groups is 2. The molecular weight excluding hydrogens is 462 g/mol. The van der Waals surface area contributed by atoms with Gasteiger partial charge in [-0.25, -0.2) is 0 Å². The molecule has 0 bridgehead atoms. The summed E-state index contributed by atoms with van der Waals surface area (Å²) < 4.78 is 27.7. The van der Waals surface area contributed by atoms with Crippen molar-refractivity contribution in [2.24, 2.45) is 0 Å². The monoisotopic (exact) mass is 482 g/mol. The van der Waals surface area contributed by atoms with Crippen LogP contribution in [0.1, 0.15) is 12.8 Å². The predicted octanol–water partition coefficient (Wildman–Crippen LogP) is -7.24. The zero-order valence-electron chi connectivity index (χ0n) is 15.0. The van der Waals surface area contributed by atoms with Gasteiger partial charge in [0.1, 0.15) is 37.6 Å². The number of carbonyl (C=O) groups excluding carboxylic acids is 2. The van der Waals surface area contributed by atoms with Crippen LogP contribution in [0.25, 0.3) is 0 Å². The molecule has 0 aliphatic rings. The Hall–Kier alpha value is -0.680. The van der Waals surface area contributed by atoms with Crippen LogP contribution in [0.15, 0.2) is 0 Å². The molecule has 16 nitrogen and oxygen atoms in total. The summed E-state index contributed by atoms with van der Waals surface area (Å²) in [5.74, 6) is -2.94. The molecule has 6 unspecified atom stereocenters. The number of ketones is 2. The maximum absolute atomic E-state index is 11.4. The molecule has 0 rings (SSSR count). The second-order valence-electron chi connectivity index (χ2n) is 5.96. The van der Waals surface area contributed by atoms with E-state index >= 15 is 0 Å². The molecular formula is C12H20O16P2-4. The van der Waals surface area contributed by atoms with Crippen LogP contribution in [0.2, 0.25) is 0 Å². The van der Waals surface area contributed by atoms with E-state index in [0.717, 1.165) is 0 Å². The molecule has 0 saturated carbocycles. The van der Waals surface area contributed by atoms with Gasteiger partial charge in [-0.05, 0) is 12.8 Å². The number of phosphoric acid groups is 2. The molecule has 0 amide bonds. The maximum Gasteiger partial charge on any atom is 0.189 e. The highest BCUT2D eigenvalue weighted by molar-refractivity contribution is 7.43. The lowest BCUT2D eigenvalue weighted by atomic mass is 9.96. The topological polar surface area (TPSA) is 300 Å². The summed E-state index contributed by atoms with van der Waals surface area (Å²) in [7, 11) is -11.1. The summed E-state index contributed by atoms with van der Waals surface area (Å²) in [6, 6.07) is 0. The minimum Gasteiger partial charge on any atom is -0.790 e. The minimum absolute atomic E-state index is 0.639. The zero-order valence-corrected chi connectivity index (χ0v) is 16.7. The van der Waals surface area contributed by atoms with Crippen molar-refractivity contribution in [3.63, 3.8) is 0 Å². The molecule has 0 aliphatic heterocycles. The third-order valence-electron chi connectivity index (χ3n) is 3.58. The van der Waals surface area contributed by atoms with E-state index in [0.29, 0.717) is 0 Å². The number of aliphatic hydroxyl groups is 6. The second-order valence-corrected chi connectivity index (χ2v) is 8.26. The van der Waals surface area contributed by atoms with Crippen LogP contribution in [-0.2, 0) is 27.8 Å². The third-order valence-corrected chi connectivity index (χ3v) is 4.47. The Balaban J connectivity index is 4.60. The van der Waals surface area contributed by atoms with Crippen molar-refractivity contribution in [1.29, 1.82) is 0 Å². The van der Waals surface area contributed by atoms with Gasteiger partial charge in [0, 0.05) is 0 Å². The van der Waals surface area contributed by atoms with Gasteiger partial charge >= 0.3 is 0 Å². The molecule has 0 saturated heterocycles. The Labute approximate surface area is 168 Å². The Kier molecular flexibility index (Phi) is 12.1. The van der Waals surface area contributed by atoms with Gasteiger partial charge in [0.15, 0.2) is 11.6 Å². The van der Waals surface area contributed by atoms with E-state index in [1.165, 1.54) is 0 Å². The fourth-order valence-electron chi connectivity index (χ4n) is 1.94. The van der Waals surface area contributed by atoms with E-state index in [4.69, 9.17) is 0 Å². The number of rotatable bonds is 15. The van der Waals surface area contributed by atoms with E-state index in [9.17, 15) is 68.9 Å². The first-order valence-electron chi connectivity index (χ1n) is 7.93. The highest BCUT2D eigenvalue weighted by Gasteiger charge is 2.33. The first-order chi connectivity index (χ1) is 13.5. The average Bonchev–Trinajstić information content (AvgIpc) is 2.64. The lowest BCUT2D eigenvalue weighted by Crippen LogP contribution is -2.46. The highest BCUT2D eigenvalue weighted by atomic mass is 31.2. The predicted molar refractivity (Wildman–Crippen MR) is 82.4 cm³/mol. The second kappa shape index (κ2) is 12.4. The summed E-state index contributed by atoms with van der Waals surface area (Å²) in [5, 5.41) is 57.6. The summed E-state index contributed by atoms with van der Waals surface area (Å²) in [5.41, 5.74) is 0. The molecule has 0 aromatic heterocycles. The van der Waals surface area contributed by atoms with Crippen molar-refractivity contribution in [1.82, 2.24) is 0 Å². The van der Waals surface area contributed by atoms with Crippen LogP contribution in [0.4, 0.5) is 0 Å². The Morgan fingerprint density at radius 1 is 0.667 bits per heavy atom. The summed E-state index contributed by atoms with van der Waals surface area (Å²) in [6.07, 6.45) is -14.4. The molecule has 0 aromatic rings. The fraction of sp³-hybridized carbons (Fsp3) is 0.833. The molecule has 30 heavy (non-hydrogen) atoms. The molecule has 0 heterocycles. The van der Waals surface area contributed by atoms with E-state index in [1.807, 2.05) is 0 Å². The van der Waals surface area contributed by atoms with Crippen LogP contribution in [0, 0.1) is 0 Å². The third kappa shape index (κ3) is 11.6. The Morgan fingerprint density at radius 2 is 0.933 bits per heavy atom. The van der Waals surface area contributed by atoms with Crippen LogP contribution < -0.4 is 19.6 Å². The summed E-state index contributed by atoms with van der Waals surface area (Å²) >= 11 is 0. The molecule has 0 fully saturated rings. The van der Waals surface area contributed by atoms with Crippen molar-refractivity contribution in [3.8, 4) is 0 Å². The SMILES string of the molecule is O=C(COP(=O)([O-])[O-])C(O)C(O)C(O)CCC(O)C(O)C(O)C(=O)COP(=O)([O-])[O-]. The van der Waals surface area contributed by atoms with Gasteiger partial charge in [0.25, 0.3) is 0 Å². The number of aliphatic hydroxyl groups excluding tert-OH is 6. The van der Waals surface area contributed by atoms with Crippen molar-refractivity contribution in [2.75, 3.05) is 13.2 Å². The van der Waals surface area contributed by atoms with Gasteiger partial charge in [0.05, 0.1) is 27.9 Å². The molecule has 0 aromatic carbocycles. The summed E-state index contributed by atoms with van der Waals surface area (Å²) in [4.78, 5) is 63.8. The van der Waals surface area contributed by atoms with Gasteiger partial charge < -0.3 is 68.4 Å². The number of carbonyl (C=O) groups is 2. The van der Waals surface area contributed by atoms with Gasteiger partial charge in [-0.3, -0.25) is 9.59 Å². The van der Waals surface area contributed by atoms with E-state index in [2.05, 4.69) is 9.05 Å². The summed E-state index contributed by atoms with van der Waals surface area (Å²) in [6.45, 7) is -2.82. The number of hydrogen-bond acceptors (Lipinski definition) is 16. The molecule has 18 heteroatoms. The lowest BCUT2D eigenvalue weighted by Gasteiger charge is -2.30. The number of hydrogen-bond donors (Lipinski definition) is 6. The smallest absolute Gasteiger partial charge is 0.189 e. The quantitative estimate of drug-likeness (QED) is 0.118. The highest BCUT2D eigenvalue weighted by Crippen LogP contribution is 2.25. The Bertz CT molecular complexity index is 601. The first-order valence-corrected chi connectivity index (χ1v) is 10.9. The van der Waals surface area contributed by atoms with Crippen LogP contribution >= 0.6 is 15.6 Å². The lowest BCUT2D eigenvalue weighted by molar-refractivity contribution is -0.343. The Morgan fingerprint density at radius 3 is 1.17 bits per heavy atom. The molecule has 178 valence electrons. The first kappa shape index (κ1) is 29.3. The van der Waals surface area contributed by atoms with E-state index < -0.39 is 89.9 Å². The molecule has 6 atom stereocenters. The molecule has 0 spiro atoms. The molecule has 6 N–H and O–H groups in total. The number of Topliss-reactive ketones (excluding diaryl/α,β-unsaturated/α-hetero) is 2. The van der Waals surface area contributed by atoms with Gasteiger partial charge in [0.2, 0.25) is 0 Å². The largest absolute Gasteiger partial charge is 0.790 e. The maximum atomic E-state index is 11.4. The standard InChI is InChI=1S/C12H24O16P2/c13-5(9(17)11(19)7(15)3-27-29(21,22)23)1-2-6(14)10(18)12(20)8(16)4-28-30(24,25)26/h5-6,9-14,17-20H,1-4H2,(H2,21,22,23)(H2,24,25,26)/p-4.